The normalized spacial score (nSPS) is 12.6. The Morgan fingerprint density at radius 2 is 1.86 bits per heavy atom. The summed E-state index contributed by atoms with van der Waals surface area (Å²) in [5, 5.41) is 7.50. The molecular weight excluding hydrogens is 336 g/mol. The number of hydrogen-bond acceptors (Lipinski definition) is 3. The number of carbonyl (C=O) groups excluding carboxylic acids is 2. The van der Waals surface area contributed by atoms with Crippen LogP contribution in [-0.4, -0.2) is 38.2 Å². The predicted molar refractivity (Wildman–Crippen MR) is 97.8 cm³/mol. The van der Waals surface area contributed by atoms with Crippen LogP contribution in [0.15, 0.2) is 24.3 Å². The Bertz CT molecular complexity index is 523. The number of amides is 2. The van der Waals surface area contributed by atoms with Crippen LogP contribution in [0, 0.1) is 0 Å². The number of hydrogen-bond donors (Lipinski definition) is 3. The van der Waals surface area contributed by atoms with Gasteiger partial charge in [-0.15, -0.1) is 0 Å². The van der Waals surface area contributed by atoms with Crippen LogP contribution < -0.4 is 15.8 Å². The van der Waals surface area contributed by atoms with Gasteiger partial charge in [0.25, 0.3) is 0 Å². The summed E-state index contributed by atoms with van der Waals surface area (Å²) in [6, 6.07) is 8.26. The van der Waals surface area contributed by atoms with Crippen molar-refractivity contribution >= 4 is 49.3 Å². The van der Waals surface area contributed by atoms with Crippen LogP contribution in [-0.2, 0) is 9.59 Å². The molecule has 0 saturated carbocycles. The number of halogens is 1. The molecule has 22 heavy (non-hydrogen) atoms. The molecule has 7 heteroatoms. The van der Waals surface area contributed by atoms with Crippen molar-refractivity contribution in [1.82, 2.24) is 10.6 Å². The largest absolute Gasteiger partial charge is 0.355 e. The summed E-state index contributed by atoms with van der Waals surface area (Å²) >= 11 is 10.0. The van der Waals surface area contributed by atoms with E-state index in [1.807, 2.05) is 12.1 Å². The molecule has 1 atom stereocenters. The summed E-state index contributed by atoms with van der Waals surface area (Å²) in [7, 11) is -1.63. The molecule has 4 nitrogen and oxygen atoms in total. The van der Waals surface area contributed by atoms with Gasteiger partial charge in [-0.25, -0.2) is 0 Å². The second-order valence-electron chi connectivity index (χ2n) is 5.87. The van der Waals surface area contributed by atoms with Crippen LogP contribution in [0.2, 0.25) is 24.2 Å². The van der Waals surface area contributed by atoms with Gasteiger partial charge in [0.15, 0.2) is 0 Å². The molecule has 0 aliphatic heterocycles. The summed E-state index contributed by atoms with van der Waals surface area (Å²) in [4.78, 5) is 23.0. The minimum atomic E-state index is -1.63. The maximum atomic E-state index is 12.0. The Kier molecular flexibility index (Phi) is 7.45. The Balaban J connectivity index is 2.53. The molecule has 2 N–H and O–H groups in total. The van der Waals surface area contributed by atoms with Gasteiger partial charge >= 0.3 is 0 Å². The summed E-state index contributed by atoms with van der Waals surface area (Å²) < 4.78 is 0. The maximum Gasteiger partial charge on any atom is 0.243 e. The summed E-state index contributed by atoms with van der Waals surface area (Å²) in [6.45, 7) is 6.49. The van der Waals surface area contributed by atoms with E-state index in [0.717, 1.165) is 11.1 Å². The minimum absolute atomic E-state index is 0.189. The molecule has 0 heterocycles. The van der Waals surface area contributed by atoms with Gasteiger partial charge in [-0.3, -0.25) is 9.59 Å². The zero-order valence-electron chi connectivity index (χ0n) is 13.1. The first-order valence-electron chi connectivity index (χ1n) is 7.18. The standard InChI is InChI=1S/C15H23ClN2O2SSi/c1-11(19)18-14(10-21)15(20)17-8-9-22(2,3)13-6-4-12(16)5-7-13/h4-7,14,21H,8-10H2,1-3H3,(H,17,20)(H,18,19)/t14-/m0/s1. The molecule has 2 amide bonds. The molecule has 0 bridgehead atoms. The lowest BCUT2D eigenvalue weighted by Crippen LogP contribution is -2.49. The van der Waals surface area contributed by atoms with E-state index in [1.165, 1.54) is 12.1 Å². The van der Waals surface area contributed by atoms with Crippen LogP contribution in [0.3, 0.4) is 0 Å². The van der Waals surface area contributed by atoms with Crippen molar-refractivity contribution in [1.29, 1.82) is 0 Å². The highest BCUT2D eigenvalue weighted by molar-refractivity contribution is 7.80. The lowest BCUT2D eigenvalue weighted by molar-refractivity contribution is -0.127. The van der Waals surface area contributed by atoms with E-state index in [4.69, 9.17) is 11.6 Å². The SMILES string of the molecule is CC(=O)N[C@@H](CS)C(=O)NCC[Si](C)(C)c1ccc(Cl)cc1. The summed E-state index contributed by atoms with van der Waals surface area (Å²) in [6.07, 6.45) is 0. The smallest absolute Gasteiger partial charge is 0.243 e. The highest BCUT2D eigenvalue weighted by Crippen LogP contribution is 2.12. The van der Waals surface area contributed by atoms with E-state index >= 15 is 0 Å². The highest BCUT2D eigenvalue weighted by atomic mass is 35.5. The molecule has 1 aromatic rings. The molecule has 0 unspecified atom stereocenters. The van der Waals surface area contributed by atoms with Gasteiger partial charge in [0.05, 0.1) is 8.07 Å². The fraction of sp³-hybridized carbons (Fsp3) is 0.467. The zero-order chi connectivity index (χ0) is 16.8. The van der Waals surface area contributed by atoms with Gasteiger partial charge < -0.3 is 10.6 Å². The van der Waals surface area contributed by atoms with Crippen molar-refractivity contribution in [2.24, 2.45) is 0 Å². The van der Waals surface area contributed by atoms with Crippen molar-refractivity contribution in [2.75, 3.05) is 12.3 Å². The molecule has 1 aromatic carbocycles. The van der Waals surface area contributed by atoms with E-state index in [1.54, 1.807) is 0 Å². The minimum Gasteiger partial charge on any atom is -0.355 e. The van der Waals surface area contributed by atoms with Crippen molar-refractivity contribution in [3.63, 3.8) is 0 Å². The number of carbonyl (C=O) groups is 2. The molecule has 0 aliphatic carbocycles. The van der Waals surface area contributed by atoms with Gasteiger partial charge in [0.2, 0.25) is 11.8 Å². The van der Waals surface area contributed by atoms with Crippen LogP contribution in [0.25, 0.3) is 0 Å². The van der Waals surface area contributed by atoms with Crippen LogP contribution >= 0.6 is 24.2 Å². The number of nitrogens with one attached hydrogen (secondary N) is 2. The van der Waals surface area contributed by atoms with Crippen molar-refractivity contribution in [2.45, 2.75) is 32.1 Å². The lowest BCUT2D eigenvalue weighted by atomic mass is 10.3. The second-order valence-corrected chi connectivity index (χ2v) is 11.5. The fourth-order valence-corrected chi connectivity index (χ4v) is 4.60. The highest BCUT2D eigenvalue weighted by Gasteiger charge is 2.24. The van der Waals surface area contributed by atoms with Gasteiger partial charge in [0, 0.05) is 24.2 Å². The molecule has 0 radical (unpaired) electrons. The van der Waals surface area contributed by atoms with Crippen molar-refractivity contribution < 1.29 is 9.59 Å². The molecule has 0 fully saturated rings. The summed E-state index contributed by atoms with van der Waals surface area (Å²) in [5.74, 6) is -0.139. The Morgan fingerprint density at radius 1 is 1.27 bits per heavy atom. The van der Waals surface area contributed by atoms with E-state index < -0.39 is 14.1 Å². The van der Waals surface area contributed by atoms with Crippen molar-refractivity contribution in [3.8, 4) is 0 Å². The average molecular weight is 359 g/mol. The van der Waals surface area contributed by atoms with Gasteiger partial charge in [-0.2, -0.15) is 12.6 Å². The Morgan fingerprint density at radius 3 is 2.36 bits per heavy atom. The Labute approximate surface area is 143 Å². The predicted octanol–water partition coefficient (Wildman–Crippen LogP) is 1.81. The lowest BCUT2D eigenvalue weighted by Gasteiger charge is -2.24. The van der Waals surface area contributed by atoms with E-state index in [9.17, 15) is 9.59 Å². The molecule has 122 valence electrons. The first kappa shape index (κ1) is 19.1. The Hall–Kier alpha value is -0.983. The van der Waals surface area contributed by atoms with E-state index in [-0.39, 0.29) is 17.6 Å². The third-order valence-corrected chi connectivity index (χ3v) is 7.56. The molecule has 0 aromatic heterocycles. The first-order chi connectivity index (χ1) is 10.3. The average Bonchev–Trinajstić information content (AvgIpc) is 2.44. The van der Waals surface area contributed by atoms with E-state index in [0.29, 0.717) is 6.54 Å². The number of benzene rings is 1. The zero-order valence-corrected chi connectivity index (χ0v) is 15.8. The second kappa shape index (κ2) is 8.60. The number of rotatable bonds is 7. The molecule has 0 aliphatic rings. The maximum absolute atomic E-state index is 12.0. The first-order valence-corrected chi connectivity index (χ1v) is 11.4. The van der Waals surface area contributed by atoms with Crippen LogP contribution in [0.4, 0.5) is 0 Å². The molecule has 0 saturated heterocycles. The van der Waals surface area contributed by atoms with E-state index in [2.05, 4.69) is 48.5 Å². The molecule has 0 spiro atoms. The summed E-state index contributed by atoms with van der Waals surface area (Å²) in [5.41, 5.74) is 0. The third-order valence-electron chi connectivity index (χ3n) is 3.55. The monoisotopic (exact) mass is 358 g/mol. The molecule has 1 rings (SSSR count). The van der Waals surface area contributed by atoms with Gasteiger partial charge in [-0.1, -0.05) is 42.0 Å². The topological polar surface area (TPSA) is 58.2 Å². The van der Waals surface area contributed by atoms with Gasteiger partial charge in [0.1, 0.15) is 6.04 Å². The molecular formula is C15H23ClN2O2SSi. The fourth-order valence-electron chi connectivity index (χ4n) is 2.11. The third kappa shape index (κ3) is 6.02. The van der Waals surface area contributed by atoms with Gasteiger partial charge in [-0.05, 0) is 18.2 Å². The van der Waals surface area contributed by atoms with Crippen LogP contribution in [0.1, 0.15) is 6.92 Å². The number of thiol groups is 1. The van der Waals surface area contributed by atoms with Crippen molar-refractivity contribution in [3.05, 3.63) is 29.3 Å². The quantitative estimate of drug-likeness (QED) is 0.514. The van der Waals surface area contributed by atoms with Crippen LogP contribution in [0.5, 0.6) is 0 Å².